The molecule has 4 heteroatoms. The van der Waals surface area contributed by atoms with Gasteiger partial charge < -0.3 is 5.32 Å². The van der Waals surface area contributed by atoms with Gasteiger partial charge >= 0.3 is 0 Å². The summed E-state index contributed by atoms with van der Waals surface area (Å²) in [6, 6.07) is 1.85. The maximum Gasteiger partial charge on any atom is 0.155 e. The number of nitrogens with zero attached hydrogens (tertiary/aromatic N) is 2. The molecule has 76 valence electrons. The maximum atomic E-state index is 10.7. The first-order chi connectivity index (χ1) is 6.83. The normalized spacial score (nSPS) is 9.86. The topological polar surface area (TPSA) is 54.4 Å². The lowest BCUT2D eigenvalue weighted by atomic mass is 10.1. The molecular weight excluding hydrogens is 178 g/mol. The van der Waals surface area contributed by atoms with Crippen LogP contribution in [0.4, 0.5) is 11.5 Å². The van der Waals surface area contributed by atoms with E-state index in [9.17, 15) is 4.91 Å². The monoisotopic (exact) mass is 193 g/mol. The highest BCUT2D eigenvalue weighted by Gasteiger charge is 2.08. The Balaban J connectivity index is 3.04. The second-order valence-electron chi connectivity index (χ2n) is 3.04. The molecule has 4 nitrogen and oxygen atoms in total. The third-order valence-electron chi connectivity index (χ3n) is 1.96. The fourth-order valence-electron chi connectivity index (χ4n) is 1.36. The van der Waals surface area contributed by atoms with E-state index in [1.54, 1.807) is 6.20 Å². The van der Waals surface area contributed by atoms with E-state index in [1.165, 1.54) is 0 Å². The molecule has 0 bridgehead atoms. The van der Waals surface area contributed by atoms with Crippen molar-refractivity contribution in [1.82, 2.24) is 4.98 Å². The molecule has 0 amide bonds. The second kappa shape index (κ2) is 5.32. The van der Waals surface area contributed by atoms with E-state index in [4.69, 9.17) is 0 Å². The summed E-state index contributed by atoms with van der Waals surface area (Å²) < 4.78 is 0. The lowest BCUT2D eigenvalue weighted by Crippen LogP contribution is -2.00. The lowest BCUT2D eigenvalue weighted by molar-refractivity contribution is 0.917. The number of rotatable bonds is 5. The predicted octanol–water partition coefficient (Wildman–Crippen LogP) is 2.86. The van der Waals surface area contributed by atoms with Crippen LogP contribution in [0.1, 0.15) is 25.8 Å². The molecule has 0 unspecified atom stereocenters. The van der Waals surface area contributed by atoms with E-state index in [1.807, 2.05) is 13.0 Å². The Hall–Kier alpha value is -1.45. The highest BCUT2D eigenvalue weighted by molar-refractivity contribution is 5.64. The van der Waals surface area contributed by atoms with Gasteiger partial charge in [-0.05, 0) is 30.2 Å². The van der Waals surface area contributed by atoms with E-state index in [0.717, 1.165) is 24.9 Å². The largest absolute Gasteiger partial charge is 0.368 e. The number of hydrogen-bond acceptors (Lipinski definition) is 4. The van der Waals surface area contributed by atoms with Crippen molar-refractivity contribution in [3.05, 3.63) is 22.7 Å². The summed E-state index contributed by atoms with van der Waals surface area (Å²) in [6.45, 7) is 4.77. The van der Waals surface area contributed by atoms with Crippen LogP contribution < -0.4 is 5.32 Å². The van der Waals surface area contributed by atoms with Crippen LogP contribution in [0.2, 0.25) is 0 Å². The van der Waals surface area contributed by atoms with Crippen molar-refractivity contribution in [2.24, 2.45) is 5.18 Å². The zero-order valence-electron chi connectivity index (χ0n) is 8.58. The molecular formula is C10H15N3O. The molecule has 1 aromatic rings. The molecule has 0 fully saturated rings. The van der Waals surface area contributed by atoms with Crippen LogP contribution in [0.5, 0.6) is 0 Å². The van der Waals surface area contributed by atoms with Crippen LogP contribution >= 0.6 is 0 Å². The fraction of sp³-hybridized carbons (Fsp3) is 0.500. The lowest BCUT2D eigenvalue weighted by Gasteiger charge is -2.07. The Kier molecular flexibility index (Phi) is 4.04. The number of nitrogens with one attached hydrogen (secondary N) is 1. The van der Waals surface area contributed by atoms with E-state index in [-0.39, 0.29) is 0 Å². The van der Waals surface area contributed by atoms with Crippen LogP contribution in [0, 0.1) is 4.91 Å². The number of hydrogen-bond donors (Lipinski definition) is 1. The molecule has 1 aromatic heterocycles. The van der Waals surface area contributed by atoms with Gasteiger partial charge in [0.2, 0.25) is 0 Å². The molecule has 1 rings (SSSR count). The highest BCUT2D eigenvalue weighted by atomic mass is 16.3. The van der Waals surface area contributed by atoms with Gasteiger partial charge in [0.1, 0.15) is 0 Å². The molecule has 0 radical (unpaired) electrons. The molecule has 1 N–H and O–H groups in total. The van der Waals surface area contributed by atoms with Gasteiger partial charge in [0, 0.05) is 12.7 Å². The number of aryl methyl sites for hydroxylation is 1. The summed E-state index contributed by atoms with van der Waals surface area (Å²) in [5, 5.41) is 6.05. The minimum atomic E-state index is 0.455. The van der Waals surface area contributed by atoms with E-state index in [0.29, 0.717) is 11.5 Å². The van der Waals surface area contributed by atoms with Gasteiger partial charge in [0.05, 0.1) is 0 Å². The van der Waals surface area contributed by atoms with Crippen LogP contribution in [-0.2, 0) is 6.42 Å². The Morgan fingerprint density at radius 2 is 2.29 bits per heavy atom. The summed E-state index contributed by atoms with van der Waals surface area (Å²) in [6.07, 6.45) is 3.57. The third kappa shape index (κ3) is 2.28. The summed E-state index contributed by atoms with van der Waals surface area (Å²) in [4.78, 5) is 14.7. The minimum Gasteiger partial charge on any atom is -0.368 e. The summed E-state index contributed by atoms with van der Waals surface area (Å²) in [5.74, 6) is 0.591. The van der Waals surface area contributed by atoms with Crippen molar-refractivity contribution in [3.8, 4) is 0 Å². The maximum absolute atomic E-state index is 10.7. The number of anilines is 1. The van der Waals surface area contributed by atoms with Gasteiger partial charge in [-0.1, -0.05) is 13.3 Å². The first-order valence-electron chi connectivity index (χ1n) is 4.88. The molecule has 0 saturated heterocycles. The minimum absolute atomic E-state index is 0.455. The summed E-state index contributed by atoms with van der Waals surface area (Å²) in [7, 11) is 0. The fourth-order valence-corrected chi connectivity index (χ4v) is 1.36. The second-order valence-corrected chi connectivity index (χ2v) is 3.04. The van der Waals surface area contributed by atoms with Gasteiger partial charge in [-0.3, -0.25) is 0 Å². The SMILES string of the molecule is CCCc1ccnc(NCC)c1N=O. The molecule has 1 heterocycles. The molecule has 0 atom stereocenters. The molecule has 14 heavy (non-hydrogen) atoms. The first kappa shape index (κ1) is 10.6. The van der Waals surface area contributed by atoms with Crippen molar-refractivity contribution in [2.75, 3.05) is 11.9 Å². The van der Waals surface area contributed by atoms with Crippen molar-refractivity contribution in [3.63, 3.8) is 0 Å². The average Bonchev–Trinajstić information content (AvgIpc) is 2.19. The van der Waals surface area contributed by atoms with E-state index < -0.39 is 0 Å². The molecule has 0 saturated carbocycles. The number of nitroso groups, excluding NO2 is 1. The van der Waals surface area contributed by atoms with Crippen molar-refractivity contribution < 1.29 is 0 Å². The van der Waals surface area contributed by atoms with Crippen molar-refractivity contribution in [2.45, 2.75) is 26.7 Å². The van der Waals surface area contributed by atoms with Crippen LogP contribution in [0.15, 0.2) is 17.4 Å². The van der Waals surface area contributed by atoms with Gasteiger partial charge in [0.25, 0.3) is 0 Å². The van der Waals surface area contributed by atoms with Gasteiger partial charge in [-0.25, -0.2) is 4.98 Å². The third-order valence-corrected chi connectivity index (χ3v) is 1.96. The number of aromatic nitrogens is 1. The zero-order valence-corrected chi connectivity index (χ0v) is 8.58. The van der Waals surface area contributed by atoms with Crippen LogP contribution in [-0.4, -0.2) is 11.5 Å². The molecule has 0 spiro atoms. The van der Waals surface area contributed by atoms with Crippen LogP contribution in [0.3, 0.4) is 0 Å². The Morgan fingerprint density at radius 1 is 1.50 bits per heavy atom. The van der Waals surface area contributed by atoms with Gasteiger partial charge in [-0.15, -0.1) is 4.91 Å². The zero-order chi connectivity index (χ0) is 10.4. The van der Waals surface area contributed by atoms with Crippen molar-refractivity contribution >= 4 is 11.5 Å². The highest BCUT2D eigenvalue weighted by Crippen LogP contribution is 2.27. The molecule has 0 aliphatic heterocycles. The van der Waals surface area contributed by atoms with Gasteiger partial charge in [-0.2, -0.15) is 0 Å². The van der Waals surface area contributed by atoms with Gasteiger partial charge in [0.15, 0.2) is 11.5 Å². The standard InChI is InChI=1S/C10H15N3O/c1-3-5-8-6-7-12-10(11-4-2)9(8)13-14/h6-7H,3-5H2,1-2H3,(H,11,12). The predicted molar refractivity (Wildman–Crippen MR) is 57.9 cm³/mol. The van der Waals surface area contributed by atoms with Crippen LogP contribution in [0.25, 0.3) is 0 Å². The Morgan fingerprint density at radius 3 is 2.86 bits per heavy atom. The van der Waals surface area contributed by atoms with E-state index in [2.05, 4.69) is 22.4 Å². The average molecular weight is 193 g/mol. The smallest absolute Gasteiger partial charge is 0.155 e. The Bertz CT molecular complexity index is 288. The quantitative estimate of drug-likeness (QED) is 0.731. The first-order valence-corrected chi connectivity index (χ1v) is 4.88. The van der Waals surface area contributed by atoms with E-state index >= 15 is 0 Å². The van der Waals surface area contributed by atoms with Crippen molar-refractivity contribution in [1.29, 1.82) is 0 Å². The molecule has 0 aromatic carbocycles. The molecule has 0 aliphatic carbocycles. The Labute approximate surface area is 83.7 Å². The summed E-state index contributed by atoms with van der Waals surface area (Å²) in [5.41, 5.74) is 1.42. The summed E-state index contributed by atoms with van der Waals surface area (Å²) >= 11 is 0. The number of pyridine rings is 1. The molecule has 0 aliphatic rings.